The molecule has 1 atom stereocenters. The van der Waals surface area contributed by atoms with Gasteiger partial charge in [0, 0.05) is 24.2 Å². The van der Waals surface area contributed by atoms with E-state index in [1.54, 1.807) is 37.4 Å². The number of ether oxygens (including phenoxy) is 1. The molecule has 0 fully saturated rings. The molecule has 2 aromatic rings. The van der Waals surface area contributed by atoms with Crippen molar-refractivity contribution in [3.8, 4) is 5.75 Å². The van der Waals surface area contributed by atoms with Crippen molar-refractivity contribution in [3.63, 3.8) is 0 Å². The number of benzene rings is 2. The highest BCUT2D eigenvalue weighted by Crippen LogP contribution is 2.21. The number of rotatable bonds is 10. The van der Waals surface area contributed by atoms with Gasteiger partial charge < -0.3 is 15.0 Å². The minimum Gasteiger partial charge on any atom is -0.497 e. The molecule has 2 rings (SSSR count). The highest BCUT2D eigenvalue weighted by Gasteiger charge is 2.30. The van der Waals surface area contributed by atoms with Crippen molar-refractivity contribution in [1.82, 2.24) is 10.2 Å². The topological polar surface area (TPSA) is 102 Å². The number of methoxy groups -OCH3 is 1. The van der Waals surface area contributed by atoms with Crippen LogP contribution in [-0.2, 0) is 22.6 Å². The summed E-state index contributed by atoms with van der Waals surface area (Å²) in [4.78, 5) is 38.5. The number of hydrogen-bond donors (Lipinski definition) is 1. The number of para-hydroxylation sites is 1. The average Bonchev–Trinajstić information content (AvgIpc) is 2.73. The fraction of sp³-hybridized carbons (Fsp3) is 0.391. The number of nitro benzene ring substituents is 1. The maximum absolute atomic E-state index is 13.3. The van der Waals surface area contributed by atoms with E-state index >= 15 is 0 Å². The predicted octanol–water partition coefficient (Wildman–Crippen LogP) is 3.48. The standard InChI is InChI=1S/C23H29N3O5/c1-5-20(23(28)24-16(2)3)25(15-17-10-12-19(31-4)13-11-17)22(27)14-18-8-6-7-9-21(18)26(29)30/h6-13,16,20H,5,14-15H2,1-4H3,(H,24,28)/t20-/m1/s1. The molecular formula is C23H29N3O5. The van der Waals surface area contributed by atoms with Gasteiger partial charge in [0.05, 0.1) is 18.5 Å². The van der Waals surface area contributed by atoms with Crippen LogP contribution >= 0.6 is 0 Å². The van der Waals surface area contributed by atoms with Crippen LogP contribution in [0.4, 0.5) is 5.69 Å². The third-order valence-electron chi connectivity index (χ3n) is 4.86. The third kappa shape index (κ3) is 6.53. The lowest BCUT2D eigenvalue weighted by Crippen LogP contribution is -2.50. The normalized spacial score (nSPS) is 11.6. The smallest absolute Gasteiger partial charge is 0.273 e. The van der Waals surface area contributed by atoms with E-state index in [1.807, 2.05) is 32.9 Å². The van der Waals surface area contributed by atoms with E-state index in [2.05, 4.69) is 5.32 Å². The first-order valence-corrected chi connectivity index (χ1v) is 10.2. The van der Waals surface area contributed by atoms with Gasteiger partial charge in [0.25, 0.3) is 5.69 Å². The molecule has 0 aromatic heterocycles. The Morgan fingerprint density at radius 1 is 1.13 bits per heavy atom. The van der Waals surface area contributed by atoms with Crippen molar-refractivity contribution in [3.05, 3.63) is 69.8 Å². The second kappa shape index (κ2) is 11.1. The Labute approximate surface area is 182 Å². The zero-order chi connectivity index (χ0) is 23.0. The van der Waals surface area contributed by atoms with E-state index in [4.69, 9.17) is 4.74 Å². The molecule has 0 bridgehead atoms. The van der Waals surface area contributed by atoms with Gasteiger partial charge in [-0.3, -0.25) is 19.7 Å². The van der Waals surface area contributed by atoms with Gasteiger partial charge in [-0.25, -0.2) is 0 Å². The Hall–Kier alpha value is -3.42. The van der Waals surface area contributed by atoms with Gasteiger partial charge in [0.2, 0.25) is 11.8 Å². The molecule has 8 heteroatoms. The number of nitrogens with one attached hydrogen (secondary N) is 1. The van der Waals surface area contributed by atoms with Crippen LogP contribution < -0.4 is 10.1 Å². The minimum atomic E-state index is -0.695. The molecule has 0 saturated carbocycles. The zero-order valence-corrected chi connectivity index (χ0v) is 18.3. The quantitative estimate of drug-likeness (QED) is 0.462. The van der Waals surface area contributed by atoms with Crippen LogP contribution in [0, 0.1) is 10.1 Å². The summed E-state index contributed by atoms with van der Waals surface area (Å²) in [6.07, 6.45) is 0.246. The average molecular weight is 428 g/mol. The molecule has 0 spiro atoms. The van der Waals surface area contributed by atoms with E-state index < -0.39 is 11.0 Å². The molecule has 8 nitrogen and oxygen atoms in total. The molecule has 0 saturated heterocycles. The molecule has 0 aliphatic heterocycles. The molecule has 1 N–H and O–H groups in total. The predicted molar refractivity (Wildman–Crippen MR) is 118 cm³/mol. The molecule has 166 valence electrons. The van der Waals surface area contributed by atoms with E-state index in [0.29, 0.717) is 17.7 Å². The van der Waals surface area contributed by atoms with Crippen molar-refractivity contribution >= 4 is 17.5 Å². The summed E-state index contributed by atoms with van der Waals surface area (Å²) >= 11 is 0. The third-order valence-corrected chi connectivity index (χ3v) is 4.86. The summed E-state index contributed by atoms with van der Waals surface area (Å²) in [5.41, 5.74) is 1.03. The lowest BCUT2D eigenvalue weighted by Gasteiger charge is -2.31. The van der Waals surface area contributed by atoms with E-state index in [1.165, 1.54) is 11.0 Å². The fourth-order valence-electron chi connectivity index (χ4n) is 3.33. The number of carbonyl (C=O) groups excluding carboxylic acids is 2. The van der Waals surface area contributed by atoms with E-state index in [0.717, 1.165) is 5.56 Å². The summed E-state index contributed by atoms with van der Waals surface area (Å²) < 4.78 is 5.18. The molecule has 31 heavy (non-hydrogen) atoms. The Kier molecular flexibility index (Phi) is 8.54. The summed E-state index contributed by atoms with van der Waals surface area (Å²) in [7, 11) is 1.57. The second-order valence-corrected chi connectivity index (χ2v) is 7.52. The van der Waals surface area contributed by atoms with E-state index in [-0.39, 0.29) is 36.5 Å². The molecule has 0 radical (unpaired) electrons. The Balaban J connectivity index is 2.36. The maximum atomic E-state index is 13.3. The zero-order valence-electron chi connectivity index (χ0n) is 18.3. The van der Waals surface area contributed by atoms with Gasteiger partial charge in [-0.15, -0.1) is 0 Å². The van der Waals surface area contributed by atoms with Crippen LogP contribution in [-0.4, -0.2) is 40.8 Å². The van der Waals surface area contributed by atoms with Gasteiger partial charge >= 0.3 is 0 Å². The van der Waals surface area contributed by atoms with Crippen molar-refractivity contribution in [1.29, 1.82) is 0 Å². The SMILES string of the molecule is CC[C@H](C(=O)NC(C)C)N(Cc1ccc(OC)cc1)C(=O)Cc1ccccc1[N+](=O)[O-]. The number of nitro groups is 1. The molecule has 0 heterocycles. The van der Waals surface area contributed by atoms with Gasteiger partial charge in [0.15, 0.2) is 0 Å². The van der Waals surface area contributed by atoms with Crippen LogP contribution in [0.25, 0.3) is 0 Å². The molecule has 0 aliphatic carbocycles. The summed E-state index contributed by atoms with van der Waals surface area (Å²) in [6.45, 7) is 5.75. The van der Waals surface area contributed by atoms with Crippen LogP contribution in [0.15, 0.2) is 48.5 Å². The highest BCUT2D eigenvalue weighted by molar-refractivity contribution is 5.89. The van der Waals surface area contributed by atoms with Crippen LogP contribution in [0.2, 0.25) is 0 Å². The van der Waals surface area contributed by atoms with Crippen molar-refractivity contribution in [2.24, 2.45) is 0 Å². The number of hydrogen-bond acceptors (Lipinski definition) is 5. The van der Waals surface area contributed by atoms with Gasteiger partial charge in [-0.2, -0.15) is 0 Å². The highest BCUT2D eigenvalue weighted by atomic mass is 16.6. The Morgan fingerprint density at radius 2 is 1.77 bits per heavy atom. The molecule has 2 amide bonds. The molecule has 0 aliphatic rings. The van der Waals surface area contributed by atoms with Gasteiger partial charge in [-0.1, -0.05) is 37.3 Å². The van der Waals surface area contributed by atoms with Crippen molar-refractivity contribution in [2.45, 2.75) is 52.2 Å². The van der Waals surface area contributed by atoms with Crippen LogP contribution in [0.3, 0.4) is 0 Å². The number of nitrogens with zero attached hydrogens (tertiary/aromatic N) is 2. The maximum Gasteiger partial charge on any atom is 0.273 e. The second-order valence-electron chi connectivity index (χ2n) is 7.52. The fourth-order valence-corrected chi connectivity index (χ4v) is 3.33. The minimum absolute atomic E-state index is 0.0744. The lowest BCUT2D eigenvalue weighted by molar-refractivity contribution is -0.385. The Morgan fingerprint density at radius 3 is 2.32 bits per heavy atom. The number of carbonyl (C=O) groups is 2. The van der Waals surface area contributed by atoms with Crippen LogP contribution in [0.5, 0.6) is 5.75 Å². The lowest BCUT2D eigenvalue weighted by atomic mass is 10.1. The van der Waals surface area contributed by atoms with E-state index in [9.17, 15) is 19.7 Å². The van der Waals surface area contributed by atoms with Gasteiger partial charge in [-0.05, 0) is 38.0 Å². The first kappa shape index (κ1) is 23.9. The summed E-state index contributed by atoms with van der Waals surface area (Å²) in [5.74, 6) is 0.0870. The monoisotopic (exact) mass is 427 g/mol. The summed E-state index contributed by atoms with van der Waals surface area (Å²) in [6, 6.07) is 12.6. The first-order valence-electron chi connectivity index (χ1n) is 10.2. The van der Waals surface area contributed by atoms with Crippen molar-refractivity contribution in [2.75, 3.05) is 7.11 Å². The Bertz CT molecular complexity index is 912. The molecule has 2 aromatic carbocycles. The summed E-state index contributed by atoms with van der Waals surface area (Å²) in [5, 5.41) is 14.2. The van der Waals surface area contributed by atoms with Crippen molar-refractivity contribution < 1.29 is 19.2 Å². The largest absolute Gasteiger partial charge is 0.497 e. The van der Waals surface area contributed by atoms with Gasteiger partial charge in [0.1, 0.15) is 11.8 Å². The number of amides is 2. The first-order chi connectivity index (χ1) is 14.8. The molecule has 0 unspecified atom stereocenters. The van der Waals surface area contributed by atoms with Crippen LogP contribution in [0.1, 0.15) is 38.3 Å². The molecular weight excluding hydrogens is 398 g/mol.